The number of benzene rings is 1. The number of hydrogen-bond donors (Lipinski definition) is 1. The molecule has 1 N–H and O–H groups in total. The molecule has 72 valence electrons. The maximum absolute atomic E-state index is 11.6. The van der Waals surface area contributed by atoms with Gasteiger partial charge in [0, 0.05) is 23.1 Å². The second-order valence-electron chi connectivity index (χ2n) is 3.65. The fraction of sp³-hybridized carbons (Fsp3) is 0.300. The highest BCUT2D eigenvalue weighted by molar-refractivity contribution is 9.10. The van der Waals surface area contributed by atoms with Crippen molar-refractivity contribution in [1.82, 2.24) is 5.32 Å². The Morgan fingerprint density at radius 1 is 1.43 bits per heavy atom. The Bertz CT molecular complexity index is 426. The molecular weight excluding hydrogens is 246 g/mol. The Hall–Kier alpha value is -0.870. The van der Waals surface area contributed by atoms with Crippen LogP contribution >= 0.6 is 15.9 Å². The van der Waals surface area contributed by atoms with Gasteiger partial charge in [0.05, 0.1) is 5.56 Å². The highest BCUT2D eigenvalue weighted by atomic mass is 79.9. The molecule has 0 aromatic heterocycles. The number of esters is 1. The first kappa shape index (κ1) is 8.44. The quantitative estimate of drug-likeness (QED) is 0.711. The lowest BCUT2D eigenvalue weighted by atomic mass is 9.87. The third-order valence-corrected chi connectivity index (χ3v) is 3.48. The summed E-state index contributed by atoms with van der Waals surface area (Å²) < 4.78 is 6.23. The largest absolute Gasteiger partial charge is 0.448 e. The van der Waals surface area contributed by atoms with Gasteiger partial charge in [-0.1, -0.05) is 12.1 Å². The van der Waals surface area contributed by atoms with E-state index in [1.165, 1.54) is 0 Å². The van der Waals surface area contributed by atoms with Crippen LogP contribution in [0.25, 0.3) is 0 Å². The topological polar surface area (TPSA) is 38.3 Å². The molecule has 1 saturated heterocycles. The van der Waals surface area contributed by atoms with Crippen LogP contribution in [0.1, 0.15) is 15.9 Å². The summed E-state index contributed by atoms with van der Waals surface area (Å²) in [7, 11) is 0. The van der Waals surface area contributed by atoms with E-state index < -0.39 is 0 Å². The fourth-order valence-electron chi connectivity index (χ4n) is 2.01. The first-order chi connectivity index (χ1) is 6.73. The predicted molar refractivity (Wildman–Crippen MR) is 54.1 cm³/mol. The van der Waals surface area contributed by atoms with Crippen molar-refractivity contribution < 1.29 is 9.53 Å². The van der Waals surface area contributed by atoms with Crippen molar-refractivity contribution in [2.24, 2.45) is 0 Å². The summed E-state index contributed by atoms with van der Waals surface area (Å²) in [6.07, 6.45) is 0. The Labute approximate surface area is 89.6 Å². The van der Waals surface area contributed by atoms with Crippen molar-refractivity contribution in [3.05, 3.63) is 33.8 Å². The molecule has 1 fully saturated rings. The number of carbonyl (C=O) groups excluding carboxylic acids is 1. The molecule has 1 aromatic carbocycles. The maximum Gasteiger partial charge on any atom is 0.340 e. The van der Waals surface area contributed by atoms with Crippen molar-refractivity contribution in [3.63, 3.8) is 0 Å². The molecule has 2 aliphatic heterocycles. The average molecular weight is 254 g/mol. The van der Waals surface area contributed by atoms with Gasteiger partial charge in [-0.25, -0.2) is 4.79 Å². The molecule has 0 unspecified atom stereocenters. The van der Waals surface area contributed by atoms with Gasteiger partial charge in [-0.15, -0.1) is 0 Å². The van der Waals surface area contributed by atoms with Crippen LogP contribution in [0.4, 0.5) is 0 Å². The van der Waals surface area contributed by atoms with Crippen LogP contribution in [-0.4, -0.2) is 19.1 Å². The lowest BCUT2D eigenvalue weighted by Crippen LogP contribution is -2.56. The van der Waals surface area contributed by atoms with Crippen molar-refractivity contribution in [2.75, 3.05) is 13.1 Å². The van der Waals surface area contributed by atoms with Crippen LogP contribution in [0.5, 0.6) is 0 Å². The molecule has 0 amide bonds. The Kier molecular flexibility index (Phi) is 1.56. The van der Waals surface area contributed by atoms with Gasteiger partial charge in [0.15, 0.2) is 5.60 Å². The van der Waals surface area contributed by atoms with Gasteiger partial charge < -0.3 is 10.1 Å². The second kappa shape index (κ2) is 2.58. The van der Waals surface area contributed by atoms with Gasteiger partial charge >= 0.3 is 5.97 Å². The zero-order valence-corrected chi connectivity index (χ0v) is 8.93. The molecule has 2 aliphatic rings. The molecule has 1 aromatic rings. The van der Waals surface area contributed by atoms with Crippen molar-refractivity contribution in [3.8, 4) is 0 Å². The number of hydrogen-bond acceptors (Lipinski definition) is 3. The Balaban J connectivity index is 2.24. The molecule has 3 rings (SSSR count). The maximum atomic E-state index is 11.6. The van der Waals surface area contributed by atoms with E-state index in [-0.39, 0.29) is 11.6 Å². The lowest BCUT2D eigenvalue weighted by Gasteiger charge is -2.37. The third kappa shape index (κ3) is 0.875. The van der Waals surface area contributed by atoms with Crippen LogP contribution in [-0.2, 0) is 10.3 Å². The minimum absolute atomic E-state index is 0.214. The summed E-state index contributed by atoms with van der Waals surface area (Å²) in [4.78, 5) is 11.6. The van der Waals surface area contributed by atoms with Gasteiger partial charge in [0.2, 0.25) is 0 Å². The molecular formula is C10H8BrNO2. The van der Waals surface area contributed by atoms with E-state index in [4.69, 9.17) is 4.74 Å². The molecule has 4 heteroatoms. The molecule has 14 heavy (non-hydrogen) atoms. The molecule has 0 atom stereocenters. The van der Waals surface area contributed by atoms with E-state index >= 15 is 0 Å². The van der Waals surface area contributed by atoms with Gasteiger partial charge in [-0.3, -0.25) is 0 Å². The summed E-state index contributed by atoms with van der Waals surface area (Å²) in [5.41, 5.74) is 1.32. The van der Waals surface area contributed by atoms with E-state index in [1.54, 1.807) is 0 Å². The summed E-state index contributed by atoms with van der Waals surface area (Å²) in [5, 5.41) is 3.13. The van der Waals surface area contributed by atoms with Gasteiger partial charge in [-0.2, -0.15) is 0 Å². The third-order valence-electron chi connectivity index (χ3n) is 2.82. The summed E-state index contributed by atoms with van der Waals surface area (Å²) in [5.74, 6) is -0.214. The normalized spacial score (nSPS) is 21.6. The summed E-state index contributed by atoms with van der Waals surface area (Å²) in [6, 6.07) is 5.77. The molecule has 0 aliphatic carbocycles. The zero-order chi connectivity index (χ0) is 9.76. The number of halogens is 1. The number of fused-ring (bicyclic) bond motifs is 2. The number of carbonyl (C=O) groups is 1. The van der Waals surface area contributed by atoms with E-state index in [0.717, 1.165) is 23.1 Å². The highest BCUT2D eigenvalue weighted by Crippen LogP contribution is 2.41. The molecule has 2 heterocycles. The summed E-state index contributed by atoms with van der Waals surface area (Å²) in [6.45, 7) is 1.45. The molecule has 0 bridgehead atoms. The monoisotopic (exact) mass is 253 g/mol. The SMILES string of the molecule is O=C1OC2(CNC2)c2cccc(Br)c21. The number of rotatable bonds is 0. The van der Waals surface area contributed by atoms with Crippen LogP contribution in [0.15, 0.2) is 22.7 Å². The zero-order valence-electron chi connectivity index (χ0n) is 7.34. The van der Waals surface area contributed by atoms with E-state index in [0.29, 0.717) is 5.56 Å². The molecule has 0 radical (unpaired) electrons. The van der Waals surface area contributed by atoms with Crippen LogP contribution in [0.3, 0.4) is 0 Å². The Morgan fingerprint density at radius 2 is 2.21 bits per heavy atom. The van der Waals surface area contributed by atoms with Crippen molar-refractivity contribution >= 4 is 21.9 Å². The average Bonchev–Trinajstić information content (AvgIpc) is 2.40. The van der Waals surface area contributed by atoms with Gasteiger partial charge in [0.25, 0.3) is 0 Å². The number of nitrogens with one attached hydrogen (secondary N) is 1. The second-order valence-corrected chi connectivity index (χ2v) is 4.50. The molecule has 3 nitrogen and oxygen atoms in total. The predicted octanol–water partition coefficient (Wildman–Crippen LogP) is 1.42. The van der Waals surface area contributed by atoms with E-state index in [2.05, 4.69) is 21.2 Å². The standard InChI is InChI=1S/C10H8BrNO2/c11-7-3-1-2-6-8(7)9(13)14-10(6)4-12-5-10/h1-3,12H,4-5H2. The lowest BCUT2D eigenvalue weighted by molar-refractivity contribution is -0.0369. The van der Waals surface area contributed by atoms with E-state index in [1.807, 2.05) is 18.2 Å². The van der Waals surface area contributed by atoms with E-state index in [9.17, 15) is 4.79 Å². The molecule has 1 spiro atoms. The van der Waals surface area contributed by atoms with Crippen molar-refractivity contribution in [1.29, 1.82) is 0 Å². The highest BCUT2D eigenvalue weighted by Gasteiger charge is 2.50. The van der Waals surface area contributed by atoms with Crippen LogP contribution in [0, 0.1) is 0 Å². The fourth-order valence-corrected chi connectivity index (χ4v) is 2.54. The smallest absolute Gasteiger partial charge is 0.340 e. The first-order valence-corrected chi connectivity index (χ1v) is 5.25. The Morgan fingerprint density at radius 3 is 2.86 bits per heavy atom. The first-order valence-electron chi connectivity index (χ1n) is 4.46. The van der Waals surface area contributed by atoms with Crippen molar-refractivity contribution in [2.45, 2.75) is 5.60 Å². The van der Waals surface area contributed by atoms with Gasteiger partial charge in [-0.05, 0) is 22.0 Å². The van der Waals surface area contributed by atoms with Crippen LogP contribution < -0.4 is 5.32 Å². The van der Waals surface area contributed by atoms with Crippen LogP contribution in [0.2, 0.25) is 0 Å². The number of ether oxygens (including phenoxy) is 1. The van der Waals surface area contributed by atoms with Gasteiger partial charge in [0.1, 0.15) is 0 Å². The summed E-state index contributed by atoms with van der Waals surface area (Å²) >= 11 is 3.37. The molecule has 0 saturated carbocycles. The minimum atomic E-state index is -0.379. The minimum Gasteiger partial charge on any atom is -0.448 e.